The fraction of sp³-hybridized carbons (Fsp3) is 0.367. The van der Waals surface area contributed by atoms with Gasteiger partial charge in [-0.2, -0.15) is 0 Å². The molecule has 2 aliphatic rings. The topological polar surface area (TPSA) is 83.7 Å². The number of aryl methyl sites for hydroxylation is 1. The van der Waals surface area contributed by atoms with E-state index in [1.165, 1.54) is 0 Å². The van der Waals surface area contributed by atoms with Crippen LogP contribution in [0, 0.1) is 13.8 Å². The number of halogens is 1. The predicted octanol–water partition coefficient (Wildman–Crippen LogP) is 5.21. The summed E-state index contributed by atoms with van der Waals surface area (Å²) in [6, 6.07) is 11.8. The van der Waals surface area contributed by atoms with E-state index in [1.54, 1.807) is 25.4 Å². The van der Waals surface area contributed by atoms with Crippen molar-refractivity contribution >= 4 is 34.1 Å². The maximum absolute atomic E-state index is 13.5. The number of ether oxygens (including phenoxy) is 1. The Balaban J connectivity index is 1.33. The molecule has 2 saturated heterocycles. The van der Waals surface area contributed by atoms with Crippen LogP contribution in [0.25, 0.3) is 22.3 Å². The number of rotatable bonds is 6. The Labute approximate surface area is 232 Å². The molecule has 2 aliphatic heterocycles. The average Bonchev–Trinajstić information content (AvgIpc) is 2.92. The molecule has 3 aromatic heterocycles. The fourth-order valence-electron chi connectivity index (χ4n) is 5.55. The zero-order chi connectivity index (χ0) is 27.1. The zero-order valence-corrected chi connectivity index (χ0v) is 23.2. The van der Waals surface area contributed by atoms with Gasteiger partial charge in [-0.15, -0.1) is 0 Å². The molecule has 1 aromatic carbocycles. The number of fused-ring (bicyclic) bond motifs is 1. The molecular weight excluding hydrogens is 514 g/mol. The summed E-state index contributed by atoms with van der Waals surface area (Å²) in [7, 11) is 0. The van der Waals surface area contributed by atoms with Crippen molar-refractivity contribution in [3.05, 3.63) is 80.9 Å². The first-order valence-electron chi connectivity index (χ1n) is 13.4. The summed E-state index contributed by atoms with van der Waals surface area (Å²) < 4.78 is 12.0. The lowest BCUT2D eigenvalue weighted by molar-refractivity contribution is 0.0104. The van der Waals surface area contributed by atoms with Crippen molar-refractivity contribution < 1.29 is 9.15 Å². The molecule has 0 saturated carbocycles. The largest absolute Gasteiger partial charge is 0.455 e. The van der Waals surface area contributed by atoms with E-state index in [2.05, 4.69) is 38.1 Å². The molecule has 2 fully saturated rings. The van der Waals surface area contributed by atoms with Crippen molar-refractivity contribution in [2.45, 2.75) is 32.9 Å². The van der Waals surface area contributed by atoms with Crippen molar-refractivity contribution in [3.63, 3.8) is 0 Å². The normalized spacial score (nSPS) is 17.3. The van der Waals surface area contributed by atoms with E-state index in [0.29, 0.717) is 33.5 Å². The minimum atomic E-state index is -0.168. The molecule has 5 heterocycles. The Morgan fingerprint density at radius 3 is 2.67 bits per heavy atom. The molecule has 6 rings (SSSR count). The molecule has 4 aromatic rings. The monoisotopic (exact) mass is 545 g/mol. The summed E-state index contributed by atoms with van der Waals surface area (Å²) in [5, 5.41) is 4.68. The lowest BCUT2D eigenvalue weighted by Crippen LogP contribution is -2.61. The summed E-state index contributed by atoms with van der Waals surface area (Å²) in [6.07, 6.45) is 3.42. The van der Waals surface area contributed by atoms with Crippen LogP contribution in [0.3, 0.4) is 0 Å². The van der Waals surface area contributed by atoms with Crippen LogP contribution >= 0.6 is 11.6 Å². The Morgan fingerprint density at radius 1 is 1.13 bits per heavy atom. The van der Waals surface area contributed by atoms with Crippen LogP contribution in [0.1, 0.15) is 29.7 Å². The molecule has 0 amide bonds. The van der Waals surface area contributed by atoms with Crippen LogP contribution in [0.4, 0.5) is 11.5 Å². The first kappa shape index (κ1) is 25.8. The number of aromatic nitrogens is 2. The molecule has 202 valence electrons. The standard InChI is InChI=1S/C30H32ClN5O3/c1-18-13-23(29-24(14-18)27(37)19(2)28(39-29)21-5-4-8-32-15-21)20(3)33-25-6-7-26(31)34-30(25)36-16-22(17-36)35-9-11-38-12-10-35/h4-8,13-15,20,22,33H,9-12,16-17H2,1-3H3. The number of nitrogens with zero attached hydrogens (tertiary/aromatic N) is 4. The van der Waals surface area contributed by atoms with Crippen LogP contribution < -0.4 is 15.6 Å². The Kier molecular flexibility index (Phi) is 7.01. The second kappa shape index (κ2) is 10.6. The molecule has 9 heteroatoms. The first-order valence-corrected chi connectivity index (χ1v) is 13.7. The van der Waals surface area contributed by atoms with E-state index in [4.69, 9.17) is 20.8 Å². The molecule has 0 bridgehead atoms. The highest BCUT2D eigenvalue weighted by Crippen LogP contribution is 2.36. The van der Waals surface area contributed by atoms with Gasteiger partial charge in [-0.3, -0.25) is 14.7 Å². The van der Waals surface area contributed by atoms with E-state index in [0.717, 1.165) is 67.6 Å². The van der Waals surface area contributed by atoms with E-state index >= 15 is 0 Å². The maximum Gasteiger partial charge on any atom is 0.196 e. The average molecular weight is 546 g/mol. The Morgan fingerprint density at radius 2 is 1.92 bits per heavy atom. The number of benzene rings is 1. The van der Waals surface area contributed by atoms with E-state index in [9.17, 15) is 4.79 Å². The number of morpholine rings is 1. The predicted molar refractivity (Wildman–Crippen MR) is 155 cm³/mol. The summed E-state index contributed by atoms with van der Waals surface area (Å²) in [5.41, 5.74) is 4.69. The lowest BCUT2D eigenvalue weighted by Gasteiger charge is -2.47. The maximum atomic E-state index is 13.5. The highest BCUT2D eigenvalue weighted by molar-refractivity contribution is 6.29. The molecule has 1 atom stereocenters. The lowest BCUT2D eigenvalue weighted by atomic mass is 9.99. The molecule has 0 aliphatic carbocycles. The van der Waals surface area contributed by atoms with Gasteiger partial charge in [0.2, 0.25) is 0 Å². The minimum Gasteiger partial charge on any atom is -0.455 e. The number of anilines is 2. The van der Waals surface area contributed by atoms with Gasteiger partial charge in [0, 0.05) is 61.3 Å². The van der Waals surface area contributed by atoms with Gasteiger partial charge in [0.25, 0.3) is 0 Å². The van der Waals surface area contributed by atoms with Gasteiger partial charge < -0.3 is 19.4 Å². The second-order valence-electron chi connectivity index (χ2n) is 10.4. The zero-order valence-electron chi connectivity index (χ0n) is 22.4. The van der Waals surface area contributed by atoms with Crippen LogP contribution in [-0.4, -0.2) is 60.3 Å². The molecule has 0 spiro atoms. The SMILES string of the molecule is Cc1cc(C(C)Nc2ccc(Cl)nc2N2CC(N3CCOCC3)C2)c2oc(-c3cccnc3)c(C)c(=O)c2c1. The van der Waals surface area contributed by atoms with Gasteiger partial charge in [-0.1, -0.05) is 17.7 Å². The Hall–Kier alpha value is -3.46. The summed E-state index contributed by atoms with van der Waals surface area (Å²) >= 11 is 6.34. The molecule has 1 unspecified atom stereocenters. The minimum absolute atomic E-state index is 0.0316. The van der Waals surface area contributed by atoms with Crippen molar-refractivity contribution in [1.29, 1.82) is 0 Å². The van der Waals surface area contributed by atoms with Gasteiger partial charge in [0.15, 0.2) is 11.2 Å². The summed E-state index contributed by atoms with van der Waals surface area (Å²) in [6.45, 7) is 11.2. The van der Waals surface area contributed by atoms with Crippen LogP contribution in [0.2, 0.25) is 5.15 Å². The first-order chi connectivity index (χ1) is 18.9. The molecule has 0 radical (unpaired) electrons. The smallest absolute Gasteiger partial charge is 0.196 e. The van der Waals surface area contributed by atoms with Crippen molar-refractivity contribution in [1.82, 2.24) is 14.9 Å². The summed E-state index contributed by atoms with van der Waals surface area (Å²) in [5.74, 6) is 1.38. The molecule has 1 N–H and O–H groups in total. The van der Waals surface area contributed by atoms with E-state index in [1.807, 2.05) is 31.2 Å². The Bertz CT molecular complexity index is 1560. The van der Waals surface area contributed by atoms with Gasteiger partial charge in [-0.25, -0.2) is 4.98 Å². The third-order valence-electron chi connectivity index (χ3n) is 7.72. The highest BCUT2D eigenvalue weighted by atomic mass is 35.5. The van der Waals surface area contributed by atoms with Crippen molar-refractivity contribution in [2.75, 3.05) is 49.6 Å². The van der Waals surface area contributed by atoms with Crippen molar-refractivity contribution in [2.24, 2.45) is 0 Å². The van der Waals surface area contributed by atoms with Crippen molar-refractivity contribution in [3.8, 4) is 11.3 Å². The van der Waals surface area contributed by atoms with Gasteiger partial charge in [0.1, 0.15) is 16.5 Å². The van der Waals surface area contributed by atoms with Crippen LogP contribution in [-0.2, 0) is 4.74 Å². The molecule has 39 heavy (non-hydrogen) atoms. The highest BCUT2D eigenvalue weighted by Gasteiger charge is 2.34. The van der Waals surface area contributed by atoms with Gasteiger partial charge in [-0.05, 0) is 56.7 Å². The number of pyridine rings is 2. The number of nitrogens with one attached hydrogen (secondary N) is 1. The molecular formula is C30H32ClN5O3. The van der Waals surface area contributed by atoms with E-state index in [-0.39, 0.29) is 11.5 Å². The quantitative estimate of drug-likeness (QED) is 0.330. The van der Waals surface area contributed by atoms with E-state index < -0.39 is 0 Å². The van der Waals surface area contributed by atoms with Crippen LogP contribution in [0.5, 0.6) is 0 Å². The van der Waals surface area contributed by atoms with Crippen LogP contribution in [0.15, 0.2) is 58.0 Å². The summed E-state index contributed by atoms with van der Waals surface area (Å²) in [4.78, 5) is 27.1. The third-order valence-corrected chi connectivity index (χ3v) is 7.93. The van der Waals surface area contributed by atoms with Gasteiger partial charge in [0.05, 0.1) is 30.3 Å². The third kappa shape index (κ3) is 5.00. The second-order valence-corrected chi connectivity index (χ2v) is 10.8. The molecule has 8 nitrogen and oxygen atoms in total. The fourth-order valence-corrected chi connectivity index (χ4v) is 5.70. The number of hydrogen-bond acceptors (Lipinski definition) is 8. The number of hydrogen-bond donors (Lipinski definition) is 1. The van der Waals surface area contributed by atoms with Gasteiger partial charge >= 0.3 is 0 Å².